The molecule has 18 heavy (non-hydrogen) atoms. The molecule has 1 aromatic carbocycles. The zero-order chi connectivity index (χ0) is 13.3. The minimum absolute atomic E-state index is 0.0101. The van der Waals surface area contributed by atoms with Gasteiger partial charge in [-0.2, -0.15) is 0 Å². The van der Waals surface area contributed by atoms with Gasteiger partial charge in [0.15, 0.2) is 0 Å². The maximum absolute atomic E-state index is 13.7. The van der Waals surface area contributed by atoms with Crippen molar-refractivity contribution < 1.29 is 9.18 Å². The number of nitrogens with zero attached hydrogens (tertiary/aromatic N) is 1. The second kappa shape index (κ2) is 5.36. The number of hydrogen-bond acceptors (Lipinski definition) is 2. The second-order valence-electron chi connectivity index (χ2n) is 4.68. The first-order valence-electron chi connectivity index (χ1n) is 5.97. The van der Waals surface area contributed by atoms with Gasteiger partial charge in [-0.1, -0.05) is 15.9 Å². The number of nitrogens with two attached hydrogens (primary N) is 1. The van der Waals surface area contributed by atoms with Crippen LogP contribution < -0.4 is 5.73 Å². The highest BCUT2D eigenvalue weighted by molar-refractivity contribution is 9.10. The maximum Gasteiger partial charge on any atom is 0.256 e. The normalized spacial score (nSPS) is 16.4. The number of amides is 1. The average molecular weight is 315 g/mol. The molecule has 0 saturated heterocycles. The van der Waals surface area contributed by atoms with Crippen LogP contribution in [-0.2, 0) is 0 Å². The fourth-order valence-corrected chi connectivity index (χ4v) is 2.51. The van der Waals surface area contributed by atoms with Gasteiger partial charge in [-0.15, -0.1) is 0 Å². The van der Waals surface area contributed by atoms with Crippen LogP contribution in [0.1, 0.15) is 23.2 Å². The third-order valence-corrected chi connectivity index (χ3v) is 3.88. The van der Waals surface area contributed by atoms with Gasteiger partial charge in [-0.3, -0.25) is 4.79 Å². The summed E-state index contributed by atoms with van der Waals surface area (Å²) in [6, 6.07) is 4.39. The molecule has 0 radical (unpaired) electrons. The lowest BCUT2D eigenvalue weighted by Gasteiger charge is -2.27. The fourth-order valence-electron chi connectivity index (χ4n) is 2.15. The van der Waals surface area contributed by atoms with Crippen LogP contribution in [0.25, 0.3) is 0 Å². The lowest BCUT2D eigenvalue weighted by atomic mass is 10.1. The van der Waals surface area contributed by atoms with E-state index in [2.05, 4.69) is 15.9 Å². The second-order valence-corrected chi connectivity index (χ2v) is 5.60. The van der Waals surface area contributed by atoms with E-state index >= 15 is 0 Å². The minimum atomic E-state index is -0.499. The Bertz CT molecular complexity index is 462. The van der Waals surface area contributed by atoms with Gasteiger partial charge in [-0.25, -0.2) is 4.39 Å². The van der Waals surface area contributed by atoms with Crippen molar-refractivity contribution >= 4 is 21.8 Å². The molecule has 2 rings (SSSR count). The van der Waals surface area contributed by atoms with Gasteiger partial charge in [0.05, 0.1) is 5.56 Å². The van der Waals surface area contributed by atoms with E-state index in [1.54, 1.807) is 18.0 Å². The van der Waals surface area contributed by atoms with Gasteiger partial charge >= 0.3 is 0 Å². The molecular formula is C13H16BrFN2O. The fraction of sp³-hybridized carbons (Fsp3) is 0.462. The van der Waals surface area contributed by atoms with Gasteiger partial charge in [0, 0.05) is 24.1 Å². The van der Waals surface area contributed by atoms with Crippen LogP contribution in [0.2, 0.25) is 0 Å². The Morgan fingerprint density at radius 2 is 2.28 bits per heavy atom. The Labute approximate surface area is 114 Å². The summed E-state index contributed by atoms with van der Waals surface area (Å²) in [7, 11) is 1.69. The van der Waals surface area contributed by atoms with Gasteiger partial charge in [0.25, 0.3) is 5.91 Å². The van der Waals surface area contributed by atoms with Gasteiger partial charge in [-0.05, 0) is 37.0 Å². The van der Waals surface area contributed by atoms with E-state index in [0.717, 1.165) is 12.8 Å². The maximum atomic E-state index is 13.7. The lowest BCUT2D eigenvalue weighted by molar-refractivity contribution is 0.0714. The van der Waals surface area contributed by atoms with Crippen molar-refractivity contribution in [1.29, 1.82) is 0 Å². The minimum Gasteiger partial charge on any atom is -0.337 e. The number of likely N-dealkylation sites (N-methyl/N-ethyl adjacent to an activating group) is 1. The first-order valence-corrected chi connectivity index (χ1v) is 6.76. The van der Waals surface area contributed by atoms with Crippen molar-refractivity contribution in [3.63, 3.8) is 0 Å². The molecule has 1 saturated carbocycles. The van der Waals surface area contributed by atoms with Crippen LogP contribution in [-0.4, -0.2) is 30.4 Å². The van der Waals surface area contributed by atoms with Crippen molar-refractivity contribution in [3.05, 3.63) is 34.1 Å². The molecule has 3 nitrogen and oxygen atoms in total. The number of rotatable bonds is 4. The largest absolute Gasteiger partial charge is 0.337 e. The molecule has 1 fully saturated rings. The molecule has 1 aliphatic carbocycles. The average Bonchev–Trinajstić information content (AvgIpc) is 3.16. The predicted molar refractivity (Wildman–Crippen MR) is 71.8 cm³/mol. The van der Waals surface area contributed by atoms with Crippen molar-refractivity contribution in [2.45, 2.75) is 18.9 Å². The standard InChI is InChI=1S/C13H16BrFN2O/c1-17(12(7-16)8-2-3-8)13(18)10-6-9(14)4-5-11(10)15/h4-6,8,12H,2-3,7,16H2,1H3. The summed E-state index contributed by atoms with van der Waals surface area (Å²) in [5.74, 6) is -0.336. The zero-order valence-electron chi connectivity index (χ0n) is 10.2. The van der Waals surface area contributed by atoms with Crippen molar-refractivity contribution in [2.24, 2.45) is 11.7 Å². The molecular weight excluding hydrogens is 299 g/mol. The number of halogens is 2. The number of carbonyl (C=O) groups is 1. The molecule has 0 heterocycles. The van der Waals surface area contributed by atoms with Crippen molar-refractivity contribution in [2.75, 3.05) is 13.6 Å². The molecule has 1 atom stereocenters. The van der Waals surface area contributed by atoms with Crippen LogP contribution in [0.4, 0.5) is 4.39 Å². The Morgan fingerprint density at radius 1 is 1.61 bits per heavy atom. The van der Waals surface area contributed by atoms with Crippen LogP contribution in [0.5, 0.6) is 0 Å². The van der Waals surface area contributed by atoms with E-state index in [1.807, 2.05) is 0 Å². The Hall–Kier alpha value is -0.940. The molecule has 2 N–H and O–H groups in total. The molecule has 0 bridgehead atoms. The summed E-state index contributed by atoms with van der Waals surface area (Å²) in [5.41, 5.74) is 5.79. The molecule has 0 aromatic heterocycles. The van der Waals surface area contributed by atoms with E-state index in [4.69, 9.17) is 5.73 Å². The molecule has 1 aliphatic rings. The molecule has 1 aromatic rings. The SMILES string of the molecule is CN(C(=O)c1cc(Br)ccc1F)C(CN)C1CC1. The van der Waals surface area contributed by atoms with E-state index in [9.17, 15) is 9.18 Å². The monoisotopic (exact) mass is 314 g/mol. The van der Waals surface area contributed by atoms with Gasteiger partial charge < -0.3 is 10.6 Å². The Balaban J connectivity index is 2.21. The quantitative estimate of drug-likeness (QED) is 0.927. The number of hydrogen-bond donors (Lipinski definition) is 1. The molecule has 5 heteroatoms. The third kappa shape index (κ3) is 2.72. The zero-order valence-corrected chi connectivity index (χ0v) is 11.8. The third-order valence-electron chi connectivity index (χ3n) is 3.38. The first-order chi connectivity index (χ1) is 8.54. The van der Waals surface area contributed by atoms with Crippen molar-refractivity contribution in [1.82, 2.24) is 4.90 Å². The Kier molecular flexibility index (Phi) is 4.02. The highest BCUT2D eigenvalue weighted by Gasteiger charge is 2.35. The molecule has 1 amide bonds. The summed E-state index contributed by atoms with van der Waals surface area (Å²) in [6.45, 7) is 0.419. The lowest BCUT2D eigenvalue weighted by Crippen LogP contribution is -2.43. The van der Waals surface area contributed by atoms with E-state index in [-0.39, 0.29) is 17.5 Å². The predicted octanol–water partition coefficient (Wildman–Crippen LogP) is 2.40. The Morgan fingerprint density at radius 3 is 2.83 bits per heavy atom. The van der Waals surface area contributed by atoms with Crippen LogP contribution in [0.3, 0.4) is 0 Å². The van der Waals surface area contributed by atoms with Crippen molar-refractivity contribution in [3.8, 4) is 0 Å². The van der Waals surface area contributed by atoms with Crippen LogP contribution in [0.15, 0.2) is 22.7 Å². The highest BCUT2D eigenvalue weighted by Crippen LogP contribution is 2.35. The van der Waals surface area contributed by atoms with E-state index in [0.29, 0.717) is 16.9 Å². The summed E-state index contributed by atoms with van der Waals surface area (Å²) in [5, 5.41) is 0. The van der Waals surface area contributed by atoms with Crippen LogP contribution >= 0.6 is 15.9 Å². The summed E-state index contributed by atoms with van der Waals surface area (Å²) < 4.78 is 14.4. The van der Waals surface area contributed by atoms with Gasteiger partial charge in [0.1, 0.15) is 5.82 Å². The smallest absolute Gasteiger partial charge is 0.256 e. The van der Waals surface area contributed by atoms with Gasteiger partial charge in [0.2, 0.25) is 0 Å². The van der Waals surface area contributed by atoms with E-state index < -0.39 is 5.82 Å². The topological polar surface area (TPSA) is 46.3 Å². The summed E-state index contributed by atoms with van der Waals surface area (Å²) in [4.78, 5) is 13.8. The highest BCUT2D eigenvalue weighted by atomic mass is 79.9. The molecule has 0 aliphatic heterocycles. The van der Waals surface area contributed by atoms with E-state index in [1.165, 1.54) is 12.1 Å². The summed E-state index contributed by atoms with van der Waals surface area (Å²) >= 11 is 3.25. The molecule has 98 valence electrons. The molecule has 0 spiro atoms. The summed E-state index contributed by atoms with van der Waals surface area (Å²) in [6.07, 6.45) is 2.20. The number of benzene rings is 1. The molecule has 1 unspecified atom stereocenters. The first kappa shape index (κ1) is 13.5. The number of carbonyl (C=O) groups excluding carboxylic acids is 1. The van der Waals surface area contributed by atoms with Crippen LogP contribution in [0, 0.1) is 11.7 Å².